The normalized spacial score (nSPS) is 14.3. The Balaban J connectivity index is 1.57. The summed E-state index contributed by atoms with van der Waals surface area (Å²) >= 11 is 8.37. The van der Waals surface area contributed by atoms with Gasteiger partial charge in [-0.3, -0.25) is 0 Å². The van der Waals surface area contributed by atoms with Crippen molar-refractivity contribution in [1.82, 2.24) is 0 Å². The lowest BCUT2D eigenvalue weighted by molar-refractivity contribution is -0.129. The molecule has 0 fully saturated rings. The maximum absolute atomic E-state index is 13.8. The van der Waals surface area contributed by atoms with Gasteiger partial charge in [0.1, 0.15) is 12.4 Å². The summed E-state index contributed by atoms with van der Waals surface area (Å²) in [7, 11) is 1.50. The van der Waals surface area contributed by atoms with Crippen LogP contribution in [0.15, 0.2) is 71.4 Å². The summed E-state index contributed by atoms with van der Waals surface area (Å²) in [6, 6.07) is 16.9. The summed E-state index contributed by atoms with van der Waals surface area (Å²) < 4.78 is 31.2. The highest BCUT2D eigenvalue weighted by Gasteiger charge is 2.26. The van der Waals surface area contributed by atoms with E-state index in [-0.39, 0.29) is 24.0 Å². The zero-order valence-corrected chi connectivity index (χ0v) is 19.7. The number of carbonyl (C=O) groups excluding carboxylic acids is 1. The molecule has 8 heteroatoms. The van der Waals surface area contributed by atoms with Gasteiger partial charge in [0.25, 0.3) is 0 Å². The van der Waals surface area contributed by atoms with E-state index in [4.69, 9.17) is 25.8 Å². The molecule has 0 saturated carbocycles. The SMILES string of the molecule is COc1cc(/C=C2\N=C(c3cc(I)ccc3Cl)OC2=O)ccc1OCc1ccccc1F. The number of carbonyl (C=O) groups is 1. The van der Waals surface area contributed by atoms with Crippen molar-refractivity contribution in [2.45, 2.75) is 6.61 Å². The second kappa shape index (κ2) is 9.70. The van der Waals surface area contributed by atoms with E-state index in [2.05, 4.69) is 27.6 Å². The lowest BCUT2D eigenvalue weighted by Crippen LogP contribution is -2.06. The summed E-state index contributed by atoms with van der Waals surface area (Å²) in [6.07, 6.45) is 1.58. The van der Waals surface area contributed by atoms with Crippen LogP contribution in [0, 0.1) is 9.39 Å². The Hall–Kier alpha value is -2.91. The molecule has 0 radical (unpaired) electrons. The highest BCUT2D eigenvalue weighted by molar-refractivity contribution is 14.1. The monoisotopic (exact) mass is 563 g/mol. The molecule has 0 bridgehead atoms. The standard InChI is InChI=1S/C24H16ClFINO4/c1-30-22-11-14(6-9-21(22)31-13-15-4-2-3-5-19(15)26)10-20-24(29)32-23(28-20)17-12-16(27)7-8-18(17)25/h2-12H,13H2,1H3/b20-10-. The lowest BCUT2D eigenvalue weighted by atomic mass is 10.1. The van der Waals surface area contributed by atoms with Crippen molar-refractivity contribution in [2.24, 2.45) is 4.99 Å². The topological polar surface area (TPSA) is 57.1 Å². The van der Waals surface area contributed by atoms with E-state index in [9.17, 15) is 9.18 Å². The predicted molar refractivity (Wildman–Crippen MR) is 129 cm³/mol. The van der Waals surface area contributed by atoms with Gasteiger partial charge in [0, 0.05) is 9.13 Å². The number of rotatable bonds is 6. The van der Waals surface area contributed by atoms with Gasteiger partial charge in [0.15, 0.2) is 17.2 Å². The van der Waals surface area contributed by atoms with E-state index in [0.29, 0.717) is 33.2 Å². The minimum absolute atomic E-state index is 0.0556. The largest absolute Gasteiger partial charge is 0.493 e. The van der Waals surface area contributed by atoms with Crippen LogP contribution in [0.4, 0.5) is 4.39 Å². The Morgan fingerprint density at radius 1 is 1.12 bits per heavy atom. The Morgan fingerprint density at radius 2 is 1.94 bits per heavy atom. The molecular formula is C24H16ClFINO4. The van der Waals surface area contributed by atoms with Crippen LogP contribution in [0.2, 0.25) is 5.02 Å². The number of aliphatic imine (C=N–C) groups is 1. The van der Waals surface area contributed by atoms with Crippen molar-refractivity contribution in [3.63, 3.8) is 0 Å². The molecule has 0 aromatic heterocycles. The molecule has 0 aliphatic carbocycles. The predicted octanol–water partition coefficient (Wildman–Crippen LogP) is 6.02. The average molecular weight is 564 g/mol. The van der Waals surface area contributed by atoms with Crippen LogP contribution in [0.1, 0.15) is 16.7 Å². The van der Waals surface area contributed by atoms with E-state index >= 15 is 0 Å². The van der Waals surface area contributed by atoms with Crippen molar-refractivity contribution in [2.75, 3.05) is 7.11 Å². The molecule has 1 aliphatic heterocycles. The summed E-state index contributed by atoms with van der Waals surface area (Å²) in [4.78, 5) is 16.6. The second-order valence-electron chi connectivity index (χ2n) is 6.75. The molecule has 4 rings (SSSR count). The molecule has 3 aromatic rings. The van der Waals surface area contributed by atoms with Gasteiger partial charge < -0.3 is 14.2 Å². The number of ether oxygens (including phenoxy) is 3. The number of hydrogen-bond acceptors (Lipinski definition) is 5. The molecule has 1 heterocycles. The zero-order valence-electron chi connectivity index (χ0n) is 16.8. The smallest absolute Gasteiger partial charge is 0.363 e. The molecule has 0 unspecified atom stereocenters. The molecule has 0 atom stereocenters. The first kappa shape index (κ1) is 22.3. The van der Waals surface area contributed by atoms with Gasteiger partial charge in [-0.05, 0) is 70.6 Å². The first-order valence-electron chi connectivity index (χ1n) is 9.47. The van der Waals surface area contributed by atoms with Crippen LogP contribution < -0.4 is 9.47 Å². The van der Waals surface area contributed by atoms with Crippen LogP contribution >= 0.6 is 34.2 Å². The Labute approximate surface area is 202 Å². The lowest BCUT2D eigenvalue weighted by Gasteiger charge is -2.12. The molecule has 0 amide bonds. The molecule has 0 spiro atoms. The Bertz CT molecular complexity index is 1260. The van der Waals surface area contributed by atoms with Gasteiger partial charge in [-0.1, -0.05) is 35.9 Å². The molecule has 5 nitrogen and oxygen atoms in total. The van der Waals surface area contributed by atoms with Crippen LogP contribution in [0.5, 0.6) is 11.5 Å². The van der Waals surface area contributed by atoms with Gasteiger partial charge >= 0.3 is 5.97 Å². The highest BCUT2D eigenvalue weighted by atomic mass is 127. The summed E-state index contributed by atoms with van der Waals surface area (Å²) in [5.41, 5.74) is 1.78. The fourth-order valence-electron chi connectivity index (χ4n) is 3.01. The molecule has 162 valence electrons. The second-order valence-corrected chi connectivity index (χ2v) is 8.40. The van der Waals surface area contributed by atoms with E-state index in [1.165, 1.54) is 13.2 Å². The Morgan fingerprint density at radius 3 is 2.72 bits per heavy atom. The van der Waals surface area contributed by atoms with Gasteiger partial charge in [-0.2, -0.15) is 0 Å². The molecule has 32 heavy (non-hydrogen) atoms. The van der Waals surface area contributed by atoms with Crippen LogP contribution in [0.3, 0.4) is 0 Å². The van der Waals surface area contributed by atoms with Crippen molar-refractivity contribution < 1.29 is 23.4 Å². The van der Waals surface area contributed by atoms with Crippen LogP contribution in [-0.2, 0) is 16.1 Å². The van der Waals surface area contributed by atoms with Gasteiger partial charge in [-0.15, -0.1) is 0 Å². The molecule has 1 aliphatic rings. The quantitative estimate of drug-likeness (QED) is 0.209. The first-order valence-corrected chi connectivity index (χ1v) is 10.9. The number of methoxy groups -OCH3 is 1. The van der Waals surface area contributed by atoms with Gasteiger partial charge in [0.2, 0.25) is 5.90 Å². The maximum Gasteiger partial charge on any atom is 0.363 e. The summed E-state index contributed by atoms with van der Waals surface area (Å²) in [6.45, 7) is 0.0556. The third kappa shape index (κ3) is 4.94. The number of benzene rings is 3. The van der Waals surface area contributed by atoms with Crippen LogP contribution in [0.25, 0.3) is 6.08 Å². The van der Waals surface area contributed by atoms with E-state index in [1.54, 1.807) is 54.6 Å². The summed E-state index contributed by atoms with van der Waals surface area (Å²) in [5.74, 6) is 0.124. The number of esters is 1. The van der Waals surface area contributed by atoms with Gasteiger partial charge in [0.05, 0.1) is 17.7 Å². The minimum atomic E-state index is -0.575. The number of cyclic esters (lactones) is 1. The third-order valence-corrected chi connectivity index (χ3v) is 5.61. The number of hydrogen-bond donors (Lipinski definition) is 0. The van der Waals surface area contributed by atoms with Crippen molar-refractivity contribution in [3.05, 3.63) is 97.5 Å². The number of nitrogens with zero attached hydrogens (tertiary/aromatic N) is 1. The fraction of sp³-hybridized carbons (Fsp3) is 0.0833. The third-order valence-electron chi connectivity index (χ3n) is 4.61. The van der Waals surface area contributed by atoms with Crippen molar-refractivity contribution in [3.8, 4) is 11.5 Å². The zero-order chi connectivity index (χ0) is 22.7. The summed E-state index contributed by atoms with van der Waals surface area (Å²) in [5, 5.41) is 0.441. The van der Waals surface area contributed by atoms with Gasteiger partial charge in [-0.25, -0.2) is 14.2 Å². The highest BCUT2D eigenvalue weighted by Crippen LogP contribution is 2.31. The van der Waals surface area contributed by atoms with E-state index in [1.807, 2.05) is 6.07 Å². The van der Waals surface area contributed by atoms with Crippen molar-refractivity contribution >= 4 is 52.1 Å². The van der Waals surface area contributed by atoms with Crippen molar-refractivity contribution in [1.29, 1.82) is 0 Å². The molecule has 0 N–H and O–H groups in total. The Kier molecular flexibility index (Phi) is 6.76. The maximum atomic E-state index is 13.8. The number of halogens is 3. The first-order chi connectivity index (χ1) is 15.4. The van der Waals surface area contributed by atoms with Crippen LogP contribution in [-0.4, -0.2) is 19.0 Å². The fourth-order valence-corrected chi connectivity index (χ4v) is 3.70. The average Bonchev–Trinajstić information content (AvgIpc) is 3.15. The van der Waals surface area contributed by atoms with E-state index < -0.39 is 5.97 Å². The molecular weight excluding hydrogens is 548 g/mol. The minimum Gasteiger partial charge on any atom is -0.493 e. The van der Waals surface area contributed by atoms with E-state index in [0.717, 1.165) is 3.57 Å². The molecule has 0 saturated heterocycles. The molecule has 3 aromatic carbocycles.